The molecule has 224 valence electrons. The van der Waals surface area contributed by atoms with Gasteiger partial charge < -0.3 is 25.6 Å². The first-order valence-electron chi connectivity index (χ1n) is 13.1. The molecule has 1 unspecified atom stereocenters. The zero-order chi connectivity index (χ0) is 29.8. The smallest absolute Gasteiger partial charge is 0.381 e. The first-order chi connectivity index (χ1) is 19.4. The van der Waals surface area contributed by atoms with Crippen molar-refractivity contribution in [3.63, 3.8) is 0 Å². The zero-order valence-electron chi connectivity index (χ0n) is 21.9. The second kappa shape index (κ2) is 12.5. The van der Waals surface area contributed by atoms with Crippen LogP contribution >= 0.6 is 0 Å². The van der Waals surface area contributed by atoms with Gasteiger partial charge in [0.05, 0.1) is 11.7 Å². The molecule has 1 spiro atoms. The number of ketones is 1. The van der Waals surface area contributed by atoms with Crippen molar-refractivity contribution in [3.05, 3.63) is 30.1 Å². The van der Waals surface area contributed by atoms with E-state index in [1.807, 2.05) is 0 Å². The third kappa shape index (κ3) is 7.58. The summed E-state index contributed by atoms with van der Waals surface area (Å²) in [4.78, 5) is 65.5. The Morgan fingerprint density at radius 2 is 1.88 bits per heavy atom. The highest BCUT2D eigenvalue weighted by atomic mass is 19.4. The number of halogens is 4. The van der Waals surface area contributed by atoms with Gasteiger partial charge in [-0.3, -0.25) is 28.7 Å². The van der Waals surface area contributed by atoms with Crippen molar-refractivity contribution in [1.82, 2.24) is 15.5 Å². The second-order valence-electron chi connectivity index (χ2n) is 10.5. The molecule has 0 bridgehead atoms. The van der Waals surface area contributed by atoms with E-state index in [1.54, 1.807) is 0 Å². The number of ether oxygens (including phenoxy) is 2. The maximum absolute atomic E-state index is 14.1. The summed E-state index contributed by atoms with van der Waals surface area (Å²) in [5.41, 5.74) is -0.824. The summed E-state index contributed by atoms with van der Waals surface area (Å²) in [6.45, 7) is -0.375. The quantitative estimate of drug-likeness (QED) is 0.308. The Bertz CT molecular complexity index is 1190. The molecule has 1 aromatic rings. The van der Waals surface area contributed by atoms with E-state index in [2.05, 4.69) is 20.7 Å². The van der Waals surface area contributed by atoms with Crippen LogP contribution < -0.4 is 16.0 Å². The molecule has 3 aliphatic heterocycles. The third-order valence-electron chi connectivity index (χ3n) is 7.71. The number of para-hydroxylation sites is 1. The lowest BCUT2D eigenvalue weighted by Crippen LogP contribution is -2.53. The predicted octanol–water partition coefficient (Wildman–Crippen LogP) is 1.28. The molecule has 0 radical (unpaired) electrons. The van der Waals surface area contributed by atoms with Gasteiger partial charge in [0.15, 0.2) is 5.78 Å². The SMILES string of the molecule is O=C(Nc1ccccc1F)C(=O)N1CC2(CCOCC2)CC1C(=O)N[C@@H](C[C@@H]1CCNC1=O)C(=O)COC(F)(F)F. The molecular formula is C26H30F4N4O7. The van der Waals surface area contributed by atoms with E-state index in [0.717, 1.165) is 11.0 Å². The monoisotopic (exact) mass is 586 g/mol. The molecule has 4 rings (SSSR count). The minimum atomic E-state index is -5.09. The number of hydrogen-bond donors (Lipinski definition) is 3. The number of alkyl halides is 3. The van der Waals surface area contributed by atoms with E-state index < -0.39 is 71.6 Å². The Kier molecular flexibility index (Phi) is 9.27. The van der Waals surface area contributed by atoms with Gasteiger partial charge in [0.1, 0.15) is 18.5 Å². The molecule has 11 nitrogen and oxygen atoms in total. The Hall–Kier alpha value is -3.59. The summed E-state index contributed by atoms with van der Waals surface area (Å²) >= 11 is 0. The van der Waals surface area contributed by atoms with Crippen molar-refractivity contribution in [3.8, 4) is 0 Å². The lowest BCUT2D eigenvalue weighted by molar-refractivity contribution is -0.321. The van der Waals surface area contributed by atoms with E-state index in [4.69, 9.17) is 4.74 Å². The number of hydrogen-bond acceptors (Lipinski definition) is 7. The average molecular weight is 587 g/mol. The highest BCUT2D eigenvalue weighted by Crippen LogP contribution is 2.43. The Balaban J connectivity index is 1.54. The van der Waals surface area contributed by atoms with Crippen molar-refractivity contribution in [2.45, 2.75) is 50.6 Å². The number of rotatable bonds is 8. The van der Waals surface area contributed by atoms with Crippen LogP contribution in [0, 0.1) is 17.2 Å². The second-order valence-corrected chi connectivity index (χ2v) is 10.5. The summed E-state index contributed by atoms with van der Waals surface area (Å²) in [7, 11) is 0. The summed E-state index contributed by atoms with van der Waals surface area (Å²) < 4.78 is 61.0. The van der Waals surface area contributed by atoms with Gasteiger partial charge >= 0.3 is 18.2 Å². The number of nitrogens with zero attached hydrogens (tertiary/aromatic N) is 1. The molecule has 3 N–H and O–H groups in total. The minimum Gasteiger partial charge on any atom is -0.381 e. The van der Waals surface area contributed by atoms with Crippen LogP contribution in [0.5, 0.6) is 0 Å². The number of Topliss-reactive ketones (excluding diaryl/α,β-unsaturated/α-hetero) is 1. The van der Waals surface area contributed by atoms with Crippen molar-refractivity contribution in [1.29, 1.82) is 0 Å². The largest absolute Gasteiger partial charge is 0.522 e. The molecule has 0 aromatic heterocycles. The van der Waals surface area contributed by atoms with Crippen molar-refractivity contribution in [2.24, 2.45) is 11.3 Å². The molecule has 4 amide bonds. The van der Waals surface area contributed by atoms with Gasteiger partial charge in [-0.1, -0.05) is 12.1 Å². The molecule has 0 aliphatic carbocycles. The van der Waals surface area contributed by atoms with E-state index in [9.17, 15) is 41.5 Å². The first kappa shape index (κ1) is 30.4. The van der Waals surface area contributed by atoms with Crippen LogP contribution in [0.2, 0.25) is 0 Å². The van der Waals surface area contributed by atoms with Crippen molar-refractivity contribution in [2.75, 3.05) is 38.2 Å². The molecule has 15 heteroatoms. The Morgan fingerprint density at radius 1 is 1.17 bits per heavy atom. The van der Waals surface area contributed by atoms with Crippen molar-refractivity contribution >= 4 is 35.1 Å². The van der Waals surface area contributed by atoms with Crippen LogP contribution in [0.3, 0.4) is 0 Å². The Morgan fingerprint density at radius 3 is 2.51 bits per heavy atom. The lowest BCUT2D eigenvalue weighted by atomic mass is 9.78. The van der Waals surface area contributed by atoms with E-state index in [-0.39, 0.29) is 25.1 Å². The fourth-order valence-corrected chi connectivity index (χ4v) is 5.49. The van der Waals surface area contributed by atoms with Crippen molar-refractivity contribution < 1.29 is 51.0 Å². The fourth-order valence-electron chi connectivity index (χ4n) is 5.49. The van der Waals surface area contributed by atoms with Gasteiger partial charge in [0.25, 0.3) is 0 Å². The van der Waals surface area contributed by atoms with Crippen LogP contribution in [0.4, 0.5) is 23.2 Å². The number of carbonyl (C=O) groups is 5. The van der Waals surface area contributed by atoms with Crippen LogP contribution in [-0.2, 0) is 33.4 Å². The zero-order valence-corrected chi connectivity index (χ0v) is 21.9. The standard InChI is InChI=1S/C26H30F4N4O7/c27-16-3-1-2-4-17(16)32-23(38)24(39)34-14-25(6-9-40-10-7-25)12-19(34)22(37)33-18(11-15-5-8-31-21(15)36)20(35)13-41-26(28,29)30/h1-4,15,18-19H,5-14H2,(H,31,36)(H,32,38)(H,33,37)/t15-,18-,19?/m0/s1. The van der Waals surface area contributed by atoms with Crippen LogP contribution in [-0.4, -0.2) is 85.7 Å². The number of likely N-dealkylation sites (tertiary alicyclic amines) is 1. The van der Waals surface area contributed by atoms with Gasteiger partial charge in [0, 0.05) is 32.2 Å². The molecule has 1 aromatic carbocycles. The lowest BCUT2D eigenvalue weighted by Gasteiger charge is -2.32. The number of carbonyl (C=O) groups excluding carboxylic acids is 5. The third-order valence-corrected chi connectivity index (χ3v) is 7.71. The van der Waals surface area contributed by atoms with Gasteiger partial charge in [-0.05, 0) is 49.7 Å². The Labute approximate surface area is 232 Å². The van der Waals surface area contributed by atoms with E-state index in [0.29, 0.717) is 39.0 Å². The molecule has 3 atom stereocenters. The number of anilines is 1. The van der Waals surface area contributed by atoms with Gasteiger partial charge in [-0.2, -0.15) is 0 Å². The van der Waals surface area contributed by atoms with E-state index in [1.165, 1.54) is 18.2 Å². The minimum absolute atomic E-state index is 0.00119. The van der Waals surface area contributed by atoms with Gasteiger partial charge in [-0.25, -0.2) is 4.39 Å². The van der Waals surface area contributed by atoms with Crippen LogP contribution in [0.1, 0.15) is 32.1 Å². The molecule has 3 fully saturated rings. The number of benzene rings is 1. The maximum Gasteiger partial charge on any atom is 0.522 e. The summed E-state index contributed by atoms with van der Waals surface area (Å²) in [5.74, 6) is -6.19. The van der Waals surface area contributed by atoms with Crippen LogP contribution in [0.25, 0.3) is 0 Å². The molecule has 41 heavy (non-hydrogen) atoms. The molecule has 3 heterocycles. The van der Waals surface area contributed by atoms with Gasteiger partial charge in [-0.15, -0.1) is 13.2 Å². The number of amides is 4. The average Bonchev–Trinajstić information content (AvgIpc) is 3.50. The molecular weight excluding hydrogens is 556 g/mol. The molecule has 0 saturated carbocycles. The summed E-state index contributed by atoms with van der Waals surface area (Å²) in [6, 6.07) is 2.42. The first-order valence-corrected chi connectivity index (χ1v) is 13.1. The molecule has 3 aliphatic rings. The van der Waals surface area contributed by atoms with E-state index >= 15 is 0 Å². The topological polar surface area (TPSA) is 143 Å². The maximum atomic E-state index is 14.1. The normalized spacial score (nSPS) is 22.7. The summed E-state index contributed by atoms with van der Waals surface area (Å²) in [6.07, 6.45) is -4.01. The number of nitrogens with one attached hydrogen (secondary N) is 3. The highest BCUT2D eigenvalue weighted by Gasteiger charge is 2.51. The molecule has 3 saturated heterocycles. The summed E-state index contributed by atoms with van der Waals surface area (Å²) in [5, 5.41) is 7.18. The van der Waals surface area contributed by atoms with Crippen LogP contribution in [0.15, 0.2) is 24.3 Å². The fraction of sp³-hybridized carbons (Fsp3) is 0.577. The van der Waals surface area contributed by atoms with Gasteiger partial charge in [0.2, 0.25) is 11.8 Å². The predicted molar refractivity (Wildman–Crippen MR) is 132 cm³/mol. The highest BCUT2D eigenvalue weighted by molar-refractivity contribution is 6.40.